The summed E-state index contributed by atoms with van der Waals surface area (Å²) in [5.74, 6) is 1.68. The Hall–Kier alpha value is -0.0400. The molecule has 1 heteroatoms. The van der Waals surface area contributed by atoms with Crippen LogP contribution in [0.4, 0.5) is 0 Å². The average Bonchev–Trinajstić information content (AvgIpc) is 2.62. The quantitative estimate of drug-likeness (QED) is 0.706. The molecule has 2 fully saturated rings. The van der Waals surface area contributed by atoms with Gasteiger partial charge in [0.2, 0.25) is 0 Å². The molecule has 0 aromatic heterocycles. The Labute approximate surface area is 101 Å². The van der Waals surface area contributed by atoms with Crippen LogP contribution in [-0.2, 0) is 0 Å². The van der Waals surface area contributed by atoms with E-state index in [1.807, 2.05) is 0 Å². The zero-order valence-corrected chi connectivity index (χ0v) is 10.7. The molecule has 0 saturated heterocycles. The van der Waals surface area contributed by atoms with Gasteiger partial charge in [-0.1, -0.05) is 64.2 Å². The van der Waals surface area contributed by atoms with Gasteiger partial charge in [-0.25, -0.2) is 0 Å². The highest BCUT2D eigenvalue weighted by Gasteiger charge is 2.21. The van der Waals surface area contributed by atoms with Crippen molar-refractivity contribution in [2.75, 3.05) is 0 Å². The lowest BCUT2D eigenvalue weighted by molar-refractivity contribution is 0.111. The van der Waals surface area contributed by atoms with Gasteiger partial charge in [-0.2, -0.15) is 0 Å². The molecule has 0 spiro atoms. The summed E-state index contributed by atoms with van der Waals surface area (Å²) < 4.78 is 0. The van der Waals surface area contributed by atoms with E-state index in [2.05, 4.69) is 0 Å². The Morgan fingerprint density at radius 1 is 0.688 bits per heavy atom. The number of hydrogen-bond donors (Lipinski definition) is 1. The molecule has 0 radical (unpaired) electrons. The van der Waals surface area contributed by atoms with Crippen molar-refractivity contribution in [2.45, 2.75) is 83.2 Å². The van der Waals surface area contributed by atoms with Gasteiger partial charge >= 0.3 is 0 Å². The molecule has 2 rings (SSSR count). The summed E-state index contributed by atoms with van der Waals surface area (Å²) in [6, 6.07) is 0. The molecular formula is C15H28O. The fraction of sp³-hybridized carbons (Fsp3) is 1.00. The molecule has 94 valence electrons. The lowest BCUT2D eigenvalue weighted by Crippen LogP contribution is -2.16. The first kappa shape index (κ1) is 12.4. The molecule has 0 heterocycles. The predicted molar refractivity (Wildman–Crippen MR) is 68.4 cm³/mol. The maximum absolute atomic E-state index is 10.2. The molecule has 2 saturated carbocycles. The molecule has 0 aromatic carbocycles. The van der Waals surface area contributed by atoms with Gasteiger partial charge in [0, 0.05) is 0 Å². The molecule has 0 amide bonds. The van der Waals surface area contributed by atoms with E-state index in [0.717, 1.165) is 24.7 Å². The van der Waals surface area contributed by atoms with Crippen molar-refractivity contribution in [3.63, 3.8) is 0 Å². The molecule has 16 heavy (non-hydrogen) atoms. The highest BCUT2D eigenvalue weighted by Crippen LogP contribution is 2.32. The standard InChI is InChI=1S/C15H28O/c16-15(12-14-9-5-6-10-14)11-13-7-3-1-2-4-8-13/h13-16H,1-12H2. The van der Waals surface area contributed by atoms with Gasteiger partial charge in [0.25, 0.3) is 0 Å². The average molecular weight is 224 g/mol. The maximum Gasteiger partial charge on any atom is 0.0545 e. The molecule has 0 bridgehead atoms. The van der Waals surface area contributed by atoms with Gasteiger partial charge in [0.15, 0.2) is 0 Å². The van der Waals surface area contributed by atoms with Crippen LogP contribution < -0.4 is 0 Å². The zero-order valence-electron chi connectivity index (χ0n) is 10.7. The number of aliphatic hydroxyl groups is 1. The Kier molecular flexibility index (Phi) is 5.15. The van der Waals surface area contributed by atoms with Gasteiger partial charge in [0.1, 0.15) is 0 Å². The third kappa shape index (κ3) is 4.08. The van der Waals surface area contributed by atoms with Crippen molar-refractivity contribution in [3.8, 4) is 0 Å². The van der Waals surface area contributed by atoms with Crippen LogP contribution in [-0.4, -0.2) is 11.2 Å². The van der Waals surface area contributed by atoms with Crippen LogP contribution in [0.3, 0.4) is 0 Å². The highest BCUT2D eigenvalue weighted by molar-refractivity contribution is 4.74. The summed E-state index contributed by atoms with van der Waals surface area (Å²) in [5, 5.41) is 10.2. The normalized spacial score (nSPS) is 26.8. The van der Waals surface area contributed by atoms with Crippen LogP contribution in [0.2, 0.25) is 0 Å². The second kappa shape index (κ2) is 6.64. The topological polar surface area (TPSA) is 20.2 Å². The van der Waals surface area contributed by atoms with E-state index in [1.165, 1.54) is 64.2 Å². The molecule has 0 aliphatic heterocycles. The van der Waals surface area contributed by atoms with E-state index < -0.39 is 0 Å². The van der Waals surface area contributed by atoms with Crippen molar-refractivity contribution in [1.82, 2.24) is 0 Å². The van der Waals surface area contributed by atoms with Crippen molar-refractivity contribution >= 4 is 0 Å². The summed E-state index contributed by atoms with van der Waals surface area (Å²) in [6.45, 7) is 0. The summed E-state index contributed by atoms with van der Waals surface area (Å²) in [6.07, 6.45) is 16.2. The Morgan fingerprint density at radius 3 is 1.50 bits per heavy atom. The molecule has 2 aliphatic rings. The number of aliphatic hydroxyl groups excluding tert-OH is 1. The minimum Gasteiger partial charge on any atom is -0.393 e. The second-order valence-corrected chi connectivity index (χ2v) is 6.13. The number of hydrogen-bond acceptors (Lipinski definition) is 1. The predicted octanol–water partition coefficient (Wildman–Crippen LogP) is 4.29. The van der Waals surface area contributed by atoms with Crippen LogP contribution in [0, 0.1) is 11.8 Å². The summed E-state index contributed by atoms with van der Waals surface area (Å²) in [7, 11) is 0. The van der Waals surface area contributed by atoms with Gasteiger partial charge in [-0.15, -0.1) is 0 Å². The van der Waals surface area contributed by atoms with Gasteiger partial charge < -0.3 is 5.11 Å². The highest BCUT2D eigenvalue weighted by atomic mass is 16.3. The fourth-order valence-electron chi connectivity index (χ4n) is 3.71. The van der Waals surface area contributed by atoms with Gasteiger partial charge in [0.05, 0.1) is 6.10 Å². The van der Waals surface area contributed by atoms with Crippen molar-refractivity contribution in [3.05, 3.63) is 0 Å². The van der Waals surface area contributed by atoms with E-state index in [1.54, 1.807) is 0 Å². The van der Waals surface area contributed by atoms with E-state index in [9.17, 15) is 5.11 Å². The lowest BCUT2D eigenvalue weighted by atomic mass is 9.89. The monoisotopic (exact) mass is 224 g/mol. The van der Waals surface area contributed by atoms with E-state index in [-0.39, 0.29) is 6.10 Å². The Balaban J connectivity index is 1.66. The SMILES string of the molecule is OC(CC1CCCCCC1)CC1CCCC1. The summed E-state index contributed by atoms with van der Waals surface area (Å²) >= 11 is 0. The zero-order chi connectivity index (χ0) is 11.2. The molecule has 1 nitrogen and oxygen atoms in total. The van der Waals surface area contributed by atoms with Gasteiger partial charge in [-0.05, 0) is 24.7 Å². The van der Waals surface area contributed by atoms with E-state index in [4.69, 9.17) is 0 Å². The second-order valence-electron chi connectivity index (χ2n) is 6.13. The van der Waals surface area contributed by atoms with Crippen LogP contribution in [0.25, 0.3) is 0 Å². The third-order valence-electron chi connectivity index (χ3n) is 4.66. The minimum absolute atomic E-state index is 0.00574. The maximum atomic E-state index is 10.2. The first-order valence-electron chi connectivity index (χ1n) is 7.52. The third-order valence-corrected chi connectivity index (χ3v) is 4.66. The molecule has 1 atom stereocenters. The first-order valence-corrected chi connectivity index (χ1v) is 7.52. The van der Waals surface area contributed by atoms with Crippen molar-refractivity contribution in [2.24, 2.45) is 11.8 Å². The number of rotatable bonds is 4. The largest absolute Gasteiger partial charge is 0.393 e. The van der Waals surface area contributed by atoms with Crippen LogP contribution >= 0.6 is 0 Å². The molecular weight excluding hydrogens is 196 g/mol. The summed E-state index contributed by atoms with van der Waals surface area (Å²) in [5.41, 5.74) is 0. The Bertz CT molecular complexity index is 176. The summed E-state index contributed by atoms with van der Waals surface area (Å²) in [4.78, 5) is 0. The molecule has 1 unspecified atom stereocenters. The van der Waals surface area contributed by atoms with E-state index in [0.29, 0.717) is 0 Å². The fourth-order valence-corrected chi connectivity index (χ4v) is 3.71. The molecule has 1 N–H and O–H groups in total. The smallest absolute Gasteiger partial charge is 0.0545 e. The first-order chi connectivity index (χ1) is 7.84. The Morgan fingerprint density at radius 2 is 1.06 bits per heavy atom. The van der Waals surface area contributed by atoms with Gasteiger partial charge in [-0.3, -0.25) is 0 Å². The molecule has 0 aromatic rings. The minimum atomic E-state index is 0.00574. The lowest BCUT2D eigenvalue weighted by Gasteiger charge is -2.20. The van der Waals surface area contributed by atoms with E-state index >= 15 is 0 Å². The van der Waals surface area contributed by atoms with Crippen LogP contribution in [0.5, 0.6) is 0 Å². The van der Waals surface area contributed by atoms with Crippen molar-refractivity contribution < 1.29 is 5.11 Å². The van der Waals surface area contributed by atoms with Crippen LogP contribution in [0.1, 0.15) is 77.0 Å². The van der Waals surface area contributed by atoms with Crippen LogP contribution in [0.15, 0.2) is 0 Å². The van der Waals surface area contributed by atoms with Crippen molar-refractivity contribution in [1.29, 1.82) is 0 Å². The molecule has 2 aliphatic carbocycles.